The van der Waals surface area contributed by atoms with Crippen LogP contribution < -0.4 is 9.46 Å². The van der Waals surface area contributed by atoms with Gasteiger partial charge in [0.15, 0.2) is 0 Å². The maximum absolute atomic E-state index is 12.5. The number of benzene rings is 2. The summed E-state index contributed by atoms with van der Waals surface area (Å²) in [6, 6.07) is 14.2. The van der Waals surface area contributed by atoms with E-state index in [4.69, 9.17) is 4.74 Å². The van der Waals surface area contributed by atoms with Gasteiger partial charge in [-0.1, -0.05) is 28.1 Å². The number of nitrogens with one attached hydrogen (secondary N) is 1. The highest BCUT2D eigenvalue weighted by Gasteiger charge is 2.47. The van der Waals surface area contributed by atoms with E-state index in [1.807, 2.05) is 24.3 Å². The fraction of sp³-hybridized carbons (Fsp3) is 0.250. The van der Waals surface area contributed by atoms with Gasteiger partial charge in [0.25, 0.3) is 0 Å². The number of ether oxygens (including phenoxy) is 1. The van der Waals surface area contributed by atoms with Crippen molar-refractivity contribution in [3.05, 3.63) is 58.6 Å². The molecule has 1 N–H and O–H groups in total. The van der Waals surface area contributed by atoms with E-state index in [0.717, 1.165) is 28.6 Å². The van der Waals surface area contributed by atoms with Gasteiger partial charge in [-0.05, 0) is 54.8 Å². The quantitative estimate of drug-likeness (QED) is 0.862. The molecule has 22 heavy (non-hydrogen) atoms. The molecule has 1 saturated carbocycles. The lowest BCUT2D eigenvalue weighted by Gasteiger charge is -2.18. The van der Waals surface area contributed by atoms with Crippen molar-refractivity contribution in [2.24, 2.45) is 0 Å². The summed E-state index contributed by atoms with van der Waals surface area (Å²) >= 11 is 3.31. The number of hydrogen-bond donors (Lipinski definition) is 1. The standard InChI is InChI=1S/C16H16BrNO3S/c1-21-14-6-2-12(3-7-14)16(10-11-16)18-22(19,20)15-8-4-13(17)5-9-15/h2-9,18H,10-11H2,1H3. The van der Waals surface area contributed by atoms with Gasteiger partial charge >= 0.3 is 0 Å². The number of hydrogen-bond acceptors (Lipinski definition) is 3. The molecule has 3 rings (SSSR count). The van der Waals surface area contributed by atoms with Crippen molar-refractivity contribution in [2.45, 2.75) is 23.3 Å². The first kappa shape index (κ1) is 15.5. The van der Waals surface area contributed by atoms with Crippen molar-refractivity contribution in [2.75, 3.05) is 7.11 Å². The summed E-state index contributed by atoms with van der Waals surface area (Å²) in [4.78, 5) is 0.274. The lowest BCUT2D eigenvalue weighted by Crippen LogP contribution is -2.34. The van der Waals surface area contributed by atoms with Gasteiger partial charge in [0.05, 0.1) is 17.5 Å². The third-order valence-corrected chi connectivity index (χ3v) is 5.93. The van der Waals surface area contributed by atoms with Crippen LogP contribution in [0.3, 0.4) is 0 Å². The smallest absolute Gasteiger partial charge is 0.241 e. The van der Waals surface area contributed by atoms with Crippen LogP contribution in [-0.4, -0.2) is 15.5 Å². The first-order valence-electron chi connectivity index (χ1n) is 6.89. The van der Waals surface area contributed by atoms with Crippen LogP contribution in [0.4, 0.5) is 0 Å². The Morgan fingerprint density at radius 2 is 1.64 bits per heavy atom. The molecule has 6 heteroatoms. The number of halogens is 1. The third-order valence-electron chi connectivity index (χ3n) is 3.85. The second-order valence-electron chi connectivity index (χ2n) is 5.37. The Balaban J connectivity index is 1.86. The molecule has 0 atom stereocenters. The summed E-state index contributed by atoms with van der Waals surface area (Å²) in [5.74, 6) is 0.760. The van der Waals surface area contributed by atoms with Gasteiger partial charge in [-0.3, -0.25) is 0 Å². The van der Waals surface area contributed by atoms with Crippen LogP contribution >= 0.6 is 15.9 Å². The van der Waals surface area contributed by atoms with Crippen LogP contribution in [0.2, 0.25) is 0 Å². The molecule has 0 aliphatic heterocycles. The molecule has 0 radical (unpaired) electrons. The average molecular weight is 382 g/mol. The summed E-state index contributed by atoms with van der Waals surface area (Å²) < 4.78 is 33.9. The molecule has 0 unspecified atom stereocenters. The van der Waals surface area contributed by atoms with Crippen molar-refractivity contribution >= 4 is 26.0 Å². The molecular weight excluding hydrogens is 366 g/mol. The monoisotopic (exact) mass is 381 g/mol. The molecular formula is C16H16BrNO3S. The summed E-state index contributed by atoms with van der Waals surface area (Å²) in [6.07, 6.45) is 1.60. The molecule has 0 saturated heterocycles. The normalized spacial score (nSPS) is 16.3. The van der Waals surface area contributed by atoms with Crippen LogP contribution in [0.25, 0.3) is 0 Å². The molecule has 4 nitrogen and oxygen atoms in total. The maximum Gasteiger partial charge on any atom is 0.241 e. The fourth-order valence-electron chi connectivity index (χ4n) is 2.41. The van der Waals surface area contributed by atoms with Crippen molar-refractivity contribution < 1.29 is 13.2 Å². The number of sulfonamides is 1. The van der Waals surface area contributed by atoms with Gasteiger partial charge in [-0.2, -0.15) is 0 Å². The summed E-state index contributed by atoms with van der Waals surface area (Å²) in [5.41, 5.74) is 0.479. The van der Waals surface area contributed by atoms with Gasteiger partial charge in [-0.25, -0.2) is 13.1 Å². The fourth-order valence-corrected chi connectivity index (χ4v) is 4.13. The molecule has 0 bridgehead atoms. The van der Waals surface area contributed by atoms with Crippen LogP contribution in [-0.2, 0) is 15.6 Å². The molecule has 2 aromatic rings. The predicted octanol–water partition coefficient (Wildman–Crippen LogP) is 3.43. The Hall–Kier alpha value is -1.37. The van der Waals surface area contributed by atoms with Crippen LogP contribution in [0, 0.1) is 0 Å². The molecule has 0 aromatic heterocycles. The molecule has 2 aromatic carbocycles. The Morgan fingerprint density at radius 3 is 2.14 bits per heavy atom. The highest BCUT2D eigenvalue weighted by Crippen LogP contribution is 2.46. The van der Waals surface area contributed by atoms with E-state index in [1.54, 1.807) is 31.4 Å². The zero-order valence-corrected chi connectivity index (χ0v) is 14.4. The summed E-state index contributed by atoms with van der Waals surface area (Å²) in [5, 5.41) is 0. The van der Waals surface area contributed by atoms with Crippen LogP contribution in [0.15, 0.2) is 57.9 Å². The minimum atomic E-state index is -3.54. The van der Waals surface area contributed by atoms with Crippen molar-refractivity contribution in [3.63, 3.8) is 0 Å². The number of rotatable bonds is 5. The van der Waals surface area contributed by atoms with Crippen molar-refractivity contribution in [1.29, 1.82) is 0 Å². The largest absolute Gasteiger partial charge is 0.497 e. The molecule has 116 valence electrons. The highest BCUT2D eigenvalue weighted by atomic mass is 79.9. The zero-order valence-electron chi connectivity index (χ0n) is 12.0. The summed E-state index contributed by atoms with van der Waals surface area (Å²) in [6.45, 7) is 0. The Kier molecular flexibility index (Phi) is 4.01. The summed E-state index contributed by atoms with van der Waals surface area (Å²) in [7, 11) is -1.93. The van der Waals surface area contributed by atoms with Gasteiger partial charge in [0.1, 0.15) is 5.75 Å². The van der Waals surface area contributed by atoms with Crippen LogP contribution in [0.5, 0.6) is 5.75 Å². The minimum absolute atomic E-state index is 0.274. The van der Waals surface area contributed by atoms with Gasteiger partial charge in [0.2, 0.25) is 10.0 Å². The van der Waals surface area contributed by atoms with E-state index in [9.17, 15) is 8.42 Å². The molecule has 1 fully saturated rings. The average Bonchev–Trinajstić information content (AvgIpc) is 3.28. The van der Waals surface area contributed by atoms with E-state index in [-0.39, 0.29) is 4.90 Å². The second-order valence-corrected chi connectivity index (χ2v) is 7.97. The molecule has 1 aliphatic rings. The molecule has 1 aliphatic carbocycles. The van der Waals surface area contributed by atoms with Crippen molar-refractivity contribution in [3.8, 4) is 5.75 Å². The first-order valence-corrected chi connectivity index (χ1v) is 9.17. The first-order chi connectivity index (χ1) is 10.5. The van der Waals surface area contributed by atoms with Crippen LogP contribution in [0.1, 0.15) is 18.4 Å². The van der Waals surface area contributed by atoms with E-state index in [1.165, 1.54) is 0 Å². The van der Waals surface area contributed by atoms with E-state index >= 15 is 0 Å². The lowest BCUT2D eigenvalue weighted by atomic mass is 10.1. The molecule has 0 spiro atoms. The van der Waals surface area contributed by atoms with Gasteiger partial charge in [0, 0.05) is 4.47 Å². The van der Waals surface area contributed by atoms with Gasteiger partial charge < -0.3 is 4.74 Å². The lowest BCUT2D eigenvalue weighted by molar-refractivity contribution is 0.414. The molecule has 0 heterocycles. The Bertz CT molecular complexity index is 766. The SMILES string of the molecule is COc1ccc(C2(NS(=O)(=O)c3ccc(Br)cc3)CC2)cc1. The van der Waals surface area contributed by atoms with Gasteiger partial charge in [-0.15, -0.1) is 0 Å². The minimum Gasteiger partial charge on any atom is -0.497 e. The number of methoxy groups -OCH3 is 1. The second kappa shape index (κ2) is 5.68. The third kappa shape index (κ3) is 3.04. The molecule has 0 amide bonds. The van der Waals surface area contributed by atoms with E-state index in [0.29, 0.717) is 0 Å². The topological polar surface area (TPSA) is 55.4 Å². The van der Waals surface area contributed by atoms with E-state index in [2.05, 4.69) is 20.7 Å². The van der Waals surface area contributed by atoms with E-state index < -0.39 is 15.6 Å². The maximum atomic E-state index is 12.5. The predicted molar refractivity (Wildman–Crippen MR) is 88.4 cm³/mol. The zero-order chi connectivity index (χ0) is 15.8. The Labute approximate surface area is 138 Å². The van der Waals surface area contributed by atoms with Crippen molar-refractivity contribution in [1.82, 2.24) is 4.72 Å². The highest BCUT2D eigenvalue weighted by molar-refractivity contribution is 9.10. The Morgan fingerprint density at radius 1 is 1.05 bits per heavy atom.